The number of halogens is 1. The van der Waals surface area contributed by atoms with Crippen LogP contribution in [0.2, 0.25) is 0 Å². The third-order valence-corrected chi connectivity index (χ3v) is 1.33. The predicted octanol–water partition coefficient (Wildman–Crippen LogP) is -4.42. The smallest absolute Gasteiger partial charge is 0.848 e. The van der Waals surface area contributed by atoms with Gasteiger partial charge in [-0.15, -0.1) is 0 Å². The number of alkyl halides is 1. The molecule has 4 atom stereocenters. The molecule has 0 aromatic carbocycles. The van der Waals surface area contributed by atoms with Gasteiger partial charge in [0.05, 0.1) is 0 Å². The van der Waals surface area contributed by atoms with Crippen LogP contribution in [-0.2, 0) is 4.74 Å². The third kappa shape index (κ3) is 4.15. The Morgan fingerprint density at radius 3 is 2.58 bits per heavy atom. The molecule has 6 heteroatoms. The van der Waals surface area contributed by atoms with Crippen molar-refractivity contribution < 1.29 is 72.1 Å². The first-order chi connectivity index (χ1) is 6.08. The minimum atomic E-state index is -1.66. The van der Waals surface area contributed by atoms with Gasteiger partial charge in [0.2, 0.25) is 1.43 Å². The van der Waals surface area contributed by atoms with Crippen molar-refractivity contribution in [1.82, 2.24) is 0 Å². The van der Waals surface area contributed by atoms with Crippen LogP contribution in [0.3, 0.4) is 0 Å². The fraction of sp³-hybridized carbons (Fsp3) is 1.00. The van der Waals surface area contributed by atoms with E-state index in [1.165, 1.54) is 7.11 Å². The summed E-state index contributed by atoms with van der Waals surface area (Å²) in [6.45, 7) is -0.220. The zero-order valence-corrected chi connectivity index (χ0v) is 10.3. The molecule has 0 aromatic rings. The summed E-state index contributed by atoms with van der Waals surface area (Å²) < 4.78 is 29.6. The summed E-state index contributed by atoms with van der Waals surface area (Å²) >= 11 is 0. The summed E-state index contributed by atoms with van der Waals surface area (Å²) in [6, 6.07) is -1.13. The molecule has 0 bridgehead atoms. The minimum absolute atomic E-state index is 0. The molecule has 1 aliphatic heterocycles. The molecule has 1 rings (SSSR count). The van der Waals surface area contributed by atoms with Crippen LogP contribution in [-0.4, -0.2) is 45.9 Å². The Hall–Kier alpha value is 1.51. The third-order valence-electron chi connectivity index (χ3n) is 1.33. The van der Waals surface area contributed by atoms with E-state index in [1.807, 2.05) is 0 Å². The van der Waals surface area contributed by atoms with E-state index in [2.05, 4.69) is 9.85 Å². The van der Waals surface area contributed by atoms with Gasteiger partial charge >= 0.3 is 51.4 Å². The van der Waals surface area contributed by atoms with Crippen LogP contribution in [0.15, 0.2) is 0 Å². The quantitative estimate of drug-likeness (QED) is 0.404. The maximum atomic E-state index is 12.5. The van der Waals surface area contributed by atoms with Crippen molar-refractivity contribution in [1.29, 1.82) is 1.43 Å². The number of ether oxygens (including phenoxy) is 1. The Balaban J connectivity index is 0. The van der Waals surface area contributed by atoms with Crippen LogP contribution in [0.5, 0.6) is 0 Å². The van der Waals surface area contributed by atoms with Crippen LogP contribution in [0, 0.1) is 0 Å². The number of hydrogen-bond acceptors (Lipinski definition) is 3. The Labute approximate surface area is 118 Å². The fourth-order valence-corrected chi connectivity index (χ4v) is 0.746. The van der Waals surface area contributed by atoms with Gasteiger partial charge in [-0.3, -0.25) is 0 Å². The number of hydrogen-bond donors (Lipinski definition) is 1. The van der Waals surface area contributed by atoms with E-state index in [0.717, 1.165) is 0 Å². The second-order valence-corrected chi connectivity index (χ2v) is 2.05. The molecule has 2 radical (unpaired) electrons. The van der Waals surface area contributed by atoms with E-state index in [-0.39, 0.29) is 58.3 Å². The van der Waals surface area contributed by atoms with Gasteiger partial charge in [-0.1, -0.05) is 6.10 Å². The van der Waals surface area contributed by atoms with E-state index in [0.29, 0.717) is 0 Å². The fourth-order valence-electron chi connectivity index (χ4n) is 0.746. The molecule has 1 unspecified atom stereocenters. The van der Waals surface area contributed by atoms with Crippen molar-refractivity contribution in [3.05, 3.63) is 0 Å². The molecule has 64 valence electrons. The Morgan fingerprint density at radius 1 is 1.92 bits per heavy atom. The topological polar surface area (TPSA) is 52.5 Å². The van der Waals surface area contributed by atoms with E-state index in [1.54, 1.807) is 0 Å². The average Bonchev–Trinajstić information content (AvgIpc) is 2.34. The van der Waals surface area contributed by atoms with Crippen molar-refractivity contribution >= 4 is 7.85 Å². The maximum absolute atomic E-state index is 12.5. The Morgan fingerprint density at radius 2 is 2.42 bits per heavy atom. The Bertz CT molecular complexity index is 148. The molecule has 0 aliphatic carbocycles. The van der Waals surface area contributed by atoms with E-state index in [9.17, 15) is 9.50 Å². The normalized spacial score (nSPS) is 41.6. The van der Waals surface area contributed by atoms with E-state index >= 15 is 0 Å². The SMILES string of the molecule is [2H]C[C@H]1O[C@@H]([B])[C@@H](F)C1[O-].[3H]OC.[K+]. The summed E-state index contributed by atoms with van der Waals surface area (Å²) in [6.07, 6.45) is -4.01. The second kappa shape index (κ2) is 7.87. The Kier molecular flexibility index (Phi) is 7.60. The van der Waals surface area contributed by atoms with Crippen molar-refractivity contribution in [2.75, 3.05) is 7.11 Å². The summed E-state index contributed by atoms with van der Waals surface area (Å²) in [7, 11) is 6.35. The van der Waals surface area contributed by atoms with Crippen molar-refractivity contribution in [2.45, 2.75) is 31.3 Å². The van der Waals surface area contributed by atoms with Crippen molar-refractivity contribution in [3.63, 3.8) is 0 Å². The maximum Gasteiger partial charge on any atom is 1.00 e. The molecule has 1 heterocycles. The molecule has 0 aromatic heterocycles. The summed E-state index contributed by atoms with van der Waals surface area (Å²) in [5, 5.41) is 14.2. The number of aliphatic hydroxyl groups is 1. The predicted molar refractivity (Wildman–Crippen MR) is 36.9 cm³/mol. The molecular weight excluding hydrogens is 189 g/mol. The minimum Gasteiger partial charge on any atom is -0.848 e. The van der Waals surface area contributed by atoms with Crippen LogP contribution >= 0.6 is 0 Å². The molecule has 0 amide bonds. The number of rotatable bonds is 0. The zero-order chi connectivity index (χ0) is 10.4. The zero-order valence-electron chi connectivity index (χ0n) is 9.20. The van der Waals surface area contributed by atoms with Crippen LogP contribution in [0.4, 0.5) is 4.39 Å². The first kappa shape index (κ1) is 11.6. The van der Waals surface area contributed by atoms with E-state index < -0.39 is 24.4 Å². The molecular formula is C6H11BFKO3. The summed E-state index contributed by atoms with van der Waals surface area (Å²) in [5.41, 5.74) is 0. The van der Waals surface area contributed by atoms with Gasteiger partial charge in [0.15, 0.2) is 0 Å². The number of aliphatic hydroxyl groups excluding tert-OH is 1. The first-order valence-corrected chi connectivity index (χ1v) is 3.08. The summed E-state index contributed by atoms with van der Waals surface area (Å²) in [5.74, 6) is 0. The molecule has 0 saturated carbocycles. The molecule has 1 N–H and O–H groups in total. The standard InChI is InChI=1S/C5H7BFO2.CH4O.K/c1-2-4(8)3(7)5(6)9-2;1-2;/h2-5H,1H3;2H,1H3;/q-1;;+1/t2-,3+,4?,5-;;/m1../s1/i1D;2T;. The van der Waals surface area contributed by atoms with Crippen molar-refractivity contribution in [3.8, 4) is 0 Å². The largest absolute Gasteiger partial charge is 1.00 e. The van der Waals surface area contributed by atoms with Crippen LogP contribution in [0.1, 0.15) is 8.27 Å². The molecule has 0 spiro atoms. The van der Waals surface area contributed by atoms with E-state index in [4.69, 9.17) is 10.6 Å². The summed E-state index contributed by atoms with van der Waals surface area (Å²) in [4.78, 5) is 0. The van der Waals surface area contributed by atoms with Gasteiger partial charge in [-0.2, -0.15) is 0 Å². The van der Waals surface area contributed by atoms with Gasteiger partial charge in [0.1, 0.15) is 14.0 Å². The molecule has 3 nitrogen and oxygen atoms in total. The monoisotopic (exact) mass is 203 g/mol. The van der Waals surface area contributed by atoms with Gasteiger partial charge in [-0.25, -0.2) is 4.39 Å². The van der Waals surface area contributed by atoms with Gasteiger partial charge < -0.3 is 15.0 Å². The first-order valence-electron chi connectivity index (χ1n) is 4.19. The molecule has 1 fully saturated rings. The molecule has 1 aliphatic rings. The average molecular weight is 203 g/mol. The van der Waals surface area contributed by atoms with Crippen LogP contribution < -0.4 is 56.5 Å². The molecule has 12 heavy (non-hydrogen) atoms. The molecule has 1 saturated heterocycles. The van der Waals surface area contributed by atoms with Crippen molar-refractivity contribution in [2.24, 2.45) is 0 Å². The van der Waals surface area contributed by atoms with Crippen LogP contribution in [0.25, 0.3) is 0 Å². The van der Waals surface area contributed by atoms with Gasteiger partial charge in [-0.05, 0) is 6.90 Å². The van der Waals surface area contributed by atoms with Gasteiger partial charge in [0.25, 0.3) is 0 Å². The van der Waals surface area contributed by atoms with Gasteiger partial charge in [0, 0.05) is 20.6 Å². The second-order valence-electron chi connectivity index (χ2n) is 2.05.